The van der Waals surface area contributed by atoms with Gasteiger partial charge in [0.2, 0.25) is 11.8 Å². The van der Waals surface area contributed by atoms with Crippen LogP contribution in [0, 0.1) is 17.3 Å². The molecule has 3 heterocycles. The van der Waals surface area contributed by atoms with Crippen LogP contribution < -0.4 is 10.1 Å². The number of ether oxygens (including phenoxy) is 2. The molecule has 9 nitrogen and oxygen atoms in total. The molecule has 252 valence electrons. The van der Waals surface area contributed by atoms with Crippen LogP contribution in [-0.2, 0) is 26.9 Å². The number of hydrogen-bond donors (Lipinski definition) is 1. The molecule has 6 atom stereocenters. The molecule has 0 radical (unpaired) electrons. The first kappa shape index (κ1) is 33.9. The number of rotatable bonds is 2. The van der Waals surface area contributed by atoms with E-state index >= 15 is 0 Å². The lowest BCUT2D eigenvalue weighted by atomic mass is 9.85. The largest absolute Gasteiger partial charge is 0.471 e. The van der Waals surface area contributed by atoms with Gasteiger partial charge in [0.1, 0.15) is 29.7 Å². The van der Waals surface area contributed by atoms with E-state index in [0.29, 0.717) is 24.1 Å². The molecule has 12 heteroatoms. The Morgan fingerprint density at radius 3 is 2.48 bits per heavy atom. The maximum absolute atomic E-state index is 14.2. The monoisotopic (exact) mass is 646 g/mol. The number of aryl methyl sites for hydroxylation is 1. The molecule has 2 bridgehead atoms. The van der Waals surface area contributed by atoms with E-state index in [1.807, 2.05) is 34.6 Å². The van der Waals surface area contributed by atoms with E-state index in [4.69, 9.17) is 14.5 Å². The molecule has 2 amide bonds. The zero-order valence-corrected chi connectivity index (χ0v) is 27.3. The Morgan fingerprint density at radius 2 is 1.80 bits per heavy atom. The molecule has 1 saturated carbocycles. The number of nitrogens with one attached hydrogen (secondary N) is 1. The molecule has 1 saturated heterocycles. The van der Waals surface area contributed by atoms with Crippen molar-refractivity contribution in [3.8, 4) is 5.88 Å². The van der Waals surface area contributed by atoms with Crippen LogP contribution in [0.3, 0.4) is 0 Å². The van der Waals surface area contributed by atoms with E-state index in [9.17, 15) is 27.6 Å². The molecule has 1 N–H and O–H groups in total. The van der Waals surface area contributed by atoms with Gasteiger partial charge in [-0.05, 0) is 81.4 Å². The quantitative estimate of drug-likeness (QED) is 0.364. The summed E-state index contributed by atoms with van der Waals surface area (Å²) < 4.78 is 53.1. The Hall–Kier alpha value is -3.44. The highest BCUT2D eigenvalue weighted by Crippen LogP contribution is 2.42. The van der Waals surface area contributed by atoms with Gasteiger partial charge in [0.25, 0.3) is 0 Å². The van der Waals surface area contributed by atoms with Gasteiger partial charge in [-0.15, -0.1) is 0 Å². The van der Waals surface area contributed by atoms with E-state index in [0.717, 1.165) is 63.4 Å². The van der Waals surface area contributed by atoms with Crippen LogP contribution in [0.25, 0.3) is 11.0 Å². The van der Waals surface area contributed by atoms with Crippen LogP contribution in [0.2, 0.25) is 0 Å². The molecule has 3 aliphatic rings. The number of fused-ring (bicyclic) bond motifs is 5. The number of hydrogen-bond acceptors (Lipinski definition) is 7. The van der Waals surface area contributed by atoms with Gasteiger partial charge in [-0.25, -0.2) is 14.8 Å². The summed E-state index contributed by atoms with van der Waals surface area (Å²) in [5, 5.41) is 2.84. The third-order valence-electron chi connectivity index (χ3n) is 10.1. The van der Waals surface area contributed by atoms with Crippen molar-refractivity contribution in [3.63, 3.8) is 0 Å². The third-order valence-corrected chi connectivity index (χ3v) is 10.1. The van der Waals surface area contributed by atoms with E-state index in [1.54, 1.807) is 0 Å². The number of benzene rings is 1. The summed E-state index contributed by atoms with van der Waals surface area (Å²) in [7, 11) is 0. The van der Waals surface area contributed by atoms with Crippen molar-refractivity contribution in [1.82, 2.24) is 20.2 Å². The molecule has 0 unspecified atom stereocenters. The maximum atomic E-state index is 14.2. The zero-order valence-electron chi connectivity index (χ0n) is 27.3. The Labute approximate surface area is 268 Å². The number of aldehydes is 1. The second-order valence-electron chi connectivity index (χ2n) is 14.4. The minimum Gasteiger partial charge on any atom is -0.471 e. The average molecular weight is 647 g/mol. The first-order valence-electron chi connectivity index (χ1n) is 16.4. The Balaban J connectivity index is 1.55. The number of alkyl carbamates (subject to hydrolysis) is 1. The van der Waals surface area contributed by atoms with Crippen molar-refractivity contribution in [2.45, 2.75) is 122 Å². The first-order valence-corrected chi connectivity index (χ1v) is 16.4. The number of alkyl halides is 3. The van der Waals surface area contributed by atoms with Gasteiger partial charge in [0, 0.05) is 5.92 Å². The molecule has 0 spiro atoms. The lowest BCUT2D eigenvalue weighted by Crippen LogP contribution is -2.57. The number of nitrogens with zero attached hydrogens (tertiary/aromatic N) is 3. The van der Waals surface area contributed by atoms with Gasteiger partial charge in [-0.2, -0.15) is 13.2 Å². The second-order valence-corrected chi connectivity index (χ2v) is 14.4. The van der Waals surface area contributed by atoms with Crippen LogP contribution in [0.5, 0.6) is 5.88 Å². The summed E-state index contributed by atoms with van der Waals surface area (Å²) in [4.78, 5) is 50.7. The van der Waals surface area contributed by atoms with Crippen molar-refractivity contribution >= 4 is 29.3 Å². The van der Waals surface area contributed by atoms with Gasteiger partial charge in [-0.1, -0.05) is 40.5 Å². The van der Waals surface area contributed by atoms with Gasteiger partial charge in [-0.3, -0.25) is 4.79 Å². The van der Waals surface area contributed by atoms with Crippen molar-refractivity contribution in [3.05, 3.63) is 29.5 Å². The van der Waals surface area contributed by atoms with Crippen molar-refractivity contribution in [2.24, 2.45) is 17.3 Å². The molecule has 1 aromatic carbocycles. The summed E-state index contributed by atoms with van der Waals surface area (Å²) in [6, 6.07) is 1.46. The SMILES string of the molecule is CC[C@@H]1[C@@H]2CN(C(=O)[C@H](C(C)(C)C)NC(=O)O[C@]3(C)CCC[C@H]3CCCCCc3nc4ccc(C(F)(F)F)cc4nc3O2)[C@@H]1C=O. The fourth-order valence-electron chi connectivity index (χ4n) is 7.42. The normalized spacial score (nSPS) is 30.0. The average Bonchev–Trinajstić information content (AvgIpc) is 3.52. The fourth-order valence-corrected chi connectivity index (χ4v) is 7.42. The zero-order chi connectivity index (χ0) is 33.4. The van der Waals surface area contributed by atoms with Crippen molar-refractivity contribution < 1.29 is 37.0 Å². The van der Waals surface area contributed by atoms with Crippen LogP contribution in [-0.4, -0.2) is 63.5 Å². The topological polar surface area (TPSA) is 111 Å². The predicted octanol–water partition coefficient (Wildman–Crippen LogP) is 6.65. The predicted molar refractivity (Wildman–Crippen MR) is 165 cm³/mol. The molecule has 2 fully saturated rings. The standard InChI is InChI=1S/C34H45F3N4O5/c1-6-22-26(19-42)41-18-27(22)45-29-24(38-23-15-14-21(34(35,36)37)17-25(23)39-29)13-9-7-8-11-20-12-10-16-33(20,5)46-31(44)40-28(30(41)43)32(2,3)4/h14-15,17,19-20,22,26-28H,6-13,16,18H2,1-5H3,(H,40,44)/t20-,22+,26-,27+,28-,33-/m1/s1. The van der Waals surface area contributed by atoms with Crippen LogP contribution in [0.1, 0.15) is 97.2 Å². The van der Waals surface area contributed by atoms with E-state index in [-0.39, 0.29) is 23.9 Å². The molecule has 2 aliphatic heterocycles. The summed E-state index contributed by atoms with van der Waals surface area (Å²) in [6.45, 7) is 9.40. The Bertz CT molecular complexity index is 1460. The number of carbonyl (C=O) groups is 3. The molecule has 5 rings (SSSR count). The third kappa shape index (κ3) is 6.95. The Morgan fingerprint density at radius 1 is 1.07 bits per heavy atom. The number of carbonyl (C=O) groups excluding carboxylic acids is 3. The molecule has 46 heavy (non-hydrogen) atoms. The lowest BCUT2D eigenvalue weighted by molar-refractivity contribution is -0.139. The number of aromatic nitrogens is 2. The first-order chi connectivity index (χ1) is 21.6. The van der Waals surface area contributed by atoms with Crippen LogP contribution in [0.15, 0.2) is 18.2 Å². The van der Waals surface area contributed by atoms with E-state index in [1.165, 1.54) is 11.0 Å². The van der Waals surface area contributed by atoms with Crippen LogP contribution >= 0.6 is 0 Å². The smallest absolute Gasteiger partial charge is 0.416 e. The highest BCUT2D eigenvalue weighted by molar-refractivity contribution is 5.89. The summed E-state index contributed by atoms with van der Waals surface area (Å²) >= 11 is 0. The minimum atomic E-state index is -4.55. The van der Waals surface area contributed by atoms with Gasteiger partial charge in [0.15, 0.2) is 0 Å². The van der Waals surface area contributed by atoms with Gasteiger partial charge in [0.05, 0.1) is 29.2 Å². The number of halogens is 3. The maximum Gasteiger partial charge on any atom is 0.416 e. The molecular weight excluding hydrogens is 601 g/mol. The highest BCUT2D eigenvalue weighted by Gasteiger charge is 2.49. The summed E-state index contributed by atoms with van der Waals surface area (Å²) in [6.07, 6.45) is 1.83. The van der Waals surface area contributed by atoms with E-state index in [2.05, 4.69) is 10.3 Å². The Kier molecular flexibility index (Phi) is 9.57. The highest BCUT2D eigenvalue weighted by atomic mass is 19.4. The van der Waals surface area contributed by atoms with E-state index < -0.39 is 58.9 Å². The lowest BCUT2D eigenvalue weighted by Gasteiger charge is -2.37. The van der Waals surface area contributed by atoms with Gasteiger partial charge >= 0.3 is 12.3 Å². The van der Waals surface area contributed by atoms with Crippen LogP contribution in [0.4, 0.5) is 18.0 Å². The van der Waals surface area contributed by atoms with Crippen molar-refractivity contribution in [1.29, 1.82) is 0 Å². The molecular formula is C34H45F3N4O5. The fraction of sp³-hybridized carbons (Fsp3) is 0.676. The van der Waals surface area contributed by atoms with Crippen molar-refractivity contribution in [2.75, 3.05) is 6.54 Å². The molecule has 1 aliphatic carbocycles. The van der Waals surface area contributed by atoms with Gasteiger partial charge < -0.3 is 24.5 Å². The number of amides is 2. The summed E-state index contributed by atoms with van der Waals surface area (Å²) in [5.74, 6) is -0.555. The minimum absolute atomic E-state index is 0.0333. The molecule has 1 aromatic heterocycles. The summed E-state index contributed by atoms with van der Waals surface area (Å²) in [5.41, 5.74) is -1.28. The second kappa shape index (κ2) is 13.0. The molecule has 2 aromatic rings.